The van der Waals surface area contributed by atoms with E-state index in [1.165, 1.54) is 25.2 Å². The molecular formula is C26H25IO3S. The minimum atomic E-state index is -0.350. The Morgan fingerprint density at radius 3 is 2.39 bits per heavy atom. The van der Waals surface area contributed by atoms with Crippen LogP contribution in [0, 0.1) is 6.92 Å². The van der Waals surface area contributed by atoms with E-state index < -0.39 is 0 Å². The number of rotatable bonds is 9. The highest BCUT2D eigenvalue weighted by atomic mass is 127. The van der Waals surface area contributed by atoms with Gasteiger partial charge < -0.3 is 9.47 Å². The van der Waals surface area contributed by atoms with Crippen LogP contribution in [0.5, 0.6) is 5.75 Å². The fourth-order valence-electron chi connectivity index (χ4n) is 2.99. The first-order chi connectivity index (χ1) is 15.1. The van der Waals surface area contributed by atoms with Crippen molar-refractivity contribution in [1.82, 2.24) is 0 Å². The highest BCUT2D eigenvalue weighted by Crippen LogP contribution is 2.29. The second-order valence-electron chi connectivity index (χ2n) is 6.83. The van der Waals surface area contributed by atoms with Crippen LogP contribution in [0.25, 0.3) is 14.7 Å². The molecule has 3 aromatic rings. The molecule has 0 amide bonds. The van der Waals surface area contributed by atoms with E-state index in [0.717, 1.165) is 11.3 Å². The van der Waals surface area contributed by atoms with Crippen molar-refractivity contribution in [3.63, 3.8) is 0 Å². The summed E-state index contributed by atoms with van der Waals surface area (Å²) >= 11 is 4.17. The fourth-order valence-corrected chi connectivity index (χ4v) is 4.74. The number of carbonyl (C=O) groups is 1. The first-order valence-electron chi connectivity index (χ1n) is 10.1. The number of esters is 1. The predicted octanol–water partition coefficient (Wildman–Crippen LogP) is 7.17. The second kappa shape index (κ2) is 12.0. The van der Waals surface area contributed by atoms with Crippen LogP contribution in [0.15, 0.2) is 83.8 Å². The van der Waals surface area contributed by atoms with Gasteiger partial charge in [-0.25, -0.2) is 4.79 Å². The van der Waals surface area contributed by atoms with Crippen LogP contribution in [0.4, 0.5) is 0 Å². The molecule has 0 aliphatic carbocycles. The summed E-state index contributed by atoms with van der Waals surface area (Å²) in [4.78, 5) is 12.6. The zero-order valence-electron chi connectivity index (χ0n) is 17.6. The molecule has 0 saturated heterocycles. The lowest BCUT2D eigenvalue weighted by Gasteiger charge is -2.10. The summed E-state index contributed by atoms with van der Waals surface area (Å²) in [6.07, 6.45) is 2.24. The Labute approximate surface area is 202 Å². The lowest BCUT2D eigenvalue weighted by Crippen LogP contribution is -2.14. The van der Waals surface area contributed by atoms with E-state index in [9.17, 15) is 4.79 Å². The average molecular weight is 544 g/mol. The van der Waals surface area contributed by atoms with Crippen LogP contribution in [0.2, 0.25) is 0 Å². The van der Waals surface area contributed by atoms with E-state index in [2.05, 4.69) is 83.3 Å². The molecule has 0 aromatic heterocycles. The first-order valence-corrected chi connectivity index (χ1v) is 12.2. The number of carbonyl (C=O) groups excluding carboxylic acids is 1. The topological polar surface area (TPSA) is 35.5 Å². The molecule has 5 heteroatoms. The zero-order valence-corrected chi connectivity index (χ0v) is 20.6. The van der Waals surface area contributed by atoms with Crippen LogP contribution in [-0.2, 0) is 9.53 Å². The van der Waals surface area contributed by atoms with Gasteiger partial charge in [0.15, 0.2) is 6.61 Å². The van der Waals surface area contributed by atoms with Crippen LogP contribution in [0.1, 0.15) is 18.1 Å². The van der Waals surface area contributed by atoms with E-state index in [-0.39, 0.29) is 12.6 Å². The molecule has 0 saturated carbocycles. The summed E-state index contributed by atoms with van der Waals surface area (Å²) in [5, 5.41) is 0. The molecule has 0 spiro atoms. The van der Waals surface area contributed by atoms with Gasteiger partial charge in [-0.05, 0) is 76.9 Å². The van der Waals surface area contributed by atoms with E-state index in [4.69, 9.17) is 9.47 Å². The maximum atomic E-state index is 11.4. The molecule has 160 valence electrons. The maximum Gasteiger partial charge on any atom is 0.344 e. The van der Waals surface area contributed by atoms with Crippen molar-refractivity contribution in [3.05, 3.63) is 90.0 Å². The molecule has 0 aliphatic heterocycles. The summed E-state index contributed by atoms with van der Waals surface area (Å²) in [5.74, 6) is 1.24. The molecule has 3 nitrogen and oxygen atoms in total. The highest BCUT2D eigenvalue weighted by molar-refractivity contribution is 14.1. The standard InChI is InChI=1S/C26H25IO3S/c1-3-29-26(28)18-30-25-14-13-23(17-19(25)2)31-16-15-24(27)22-11-9-21(10-12-22)20-7-5-4-6-8-20/h4-15,17H,3,16,18H2,1-2H3. The van der Waals surface area contributed by atoms with Gasteiger partial charge >= 0.3 is 5.97 Å². The Morgan fingerprint density at radius 1 is 1.00 bits per heavy atom. The van der Waals surface area contributed by atoms with Gasteiger partial charge in [0.2, 0.25) is 0 Å². The van der Waals surface area contributed by atoms with Gasteiger partial charge in [0.25, 0.3) is 0 Å². The second-order valence-corrected chi connectivity index (χ2v) is 9.08. The molecule has 0 N–H and O–H groups in total. The quantitative estimate of drug-likeness (QED) is 0.163. The zero-order chi connectivity index (χ0) is 22.1. The smallest absolute Gasteiger partial charge is 0.344 e. The maximum absolute atomic E-state index is 11.4. The van der Waals surface area contributed by atoms with Gasteiger partial charge in [-0.15, -0.1) is 11.8 Å². The predicted molar refractivity (Wildman–Crippen MR) is 138 cm³/mol. The van der Waals surface area contributed by atoms with Crippen molar-refractivity contribution < 1.29 is 14.3 Å². The molecule has 0 bridgehead atoms. The molecule has 31 heavy (non-hydrogen) atoms. The SMILES string of the molecule is CCOC(=O)COc1ccc(SCC=C(I)c2ccc(-c3ccccc3)cc2)cc1C. The van der Waals surface area contributed by atoms with Crippen LogP contribution >= 0.6 is 34.4 Å². The largest absolute Gasteiger partial charge is 0.482 e. The Kier molecular flexibility index (Phi) is 9.03. The fraction of sp³-hybridized carbons (Fsp3) is 0.192. The summed E-state index contributed by atoms with van der Waals surface area (Å²) in [7, 11) is 0. The molecule has 0 fully saturated rings. The van der Waals surface area contributed by atoms with E-state index in [1.54, 1.807) is 18.7 Å². The van der Waals surface area contributed by atoms with Gasteiger partial charge in [0, 0.05) is 14.2 Å². The minimum Gasteiger partial charge on any atom is -0.482 e. The van der Waals surface area contributed by atoms with E-state index >= 15 is 0 Å². The van der Waals surface area contributed by atoms with Crippen molar-refractivity contribution in [2.75, 3.05) is 19.0 Å². The number of hydrogen-bond acceptors (Lipinski definition) is 4. The lowest BCUT2D eigenvalue weighted by molar-refractivity contribution is -0.145. The summed E-state index contributed by atoms with van der Waals surface area (Å²) in [6.45, 7) is 4.06. The van der Waals surface area contributed by atoms with Crippen molar-refractivity contribution in [1.29, 1.82) is 0 Å². The van der Waals surface area contributed by atoms with Gasteiger partial charge in [-0.3, -0.25) is 0 Å². The normalized spacial score (nSPS) is 11.3. The summed E-state index contributed by atoms with van der Waals surface area (Å²) in [5.41, 5.74) is 4.68. The molecule has 0 aliphatic rings. The van der Waals surface area contributed by atoms with Crippen LogP contribution < -0.4 is 4.74 Å². The average Bonchev–Trinajstić information content (AvgIpc) is 2.79. The number of benzene rings is 3. The Bertz CT molecular complexity index is 1030. The third kappa shape index (κ3) is 7.14. The Hall–Kier alpha value is -2.25. The number of ether oxygens (including phenoxy) is 2. The van der Waals surface area contributed by atoms with Crippen LogP contribution in [0.3, 0.4) is 0 Å². The number of halogens is 1. The number of thioether (sulfide) groups is 1. The van der Waals surface area contributed by atoms with Crippen LogP contribution in [-0.4, -0.2) is 24.9 Å². The third-order valence-corrected chi connectivity index (χ3v) is 6.56. The Balaban J connectivity index is 1.55. The molecular weight excluding hydrogens is 519 g/mol. The van der Waals surface area contributed by atoms with Crippen molar-refractivity contribution >= 4 is 43.9 Å². The Morgan fingerprint density at radius 2 is 1.71 bits per heavy atom. The molecule has 0 radical (unpaired) electrons. The molecule has 3 aromatic carbocycles. The number of aryl methyl sites for hydroxylation is 1. The number of hydrogen-bond donors (Lipinski definition) is 0. The van der Waals surface area contributed by atoms with Gasteiger partial charge in [-0.1, -0.05) is 60.7 Å². The summed E-state index contributed by atoms with van der Waals surface area (Å²) in [6, 6.07) is 25.1. The minimum absolute atomic E-state index is 0.0643. The van der Waals surface area contributed by atoms with E-state index in [0.29, 0.717) is 12.4 Å². The van der Waals surface area contributed by atoms with Crippen molar-refractivity contribution in [2.24, 2.45) is 0 Å². The third-order valence-electron chi connectivity index (χ3n) is 4.58. The monoisotopic (exact) mass is 544 g/mol. The molecule has 3 rings (SSSR count). The van der Waals surface area contributed by atoms with Gasteiger partial charge in [-0.2, -0.15) is 0 Å². The molecule has 0 unspecified atom stereocenters. The van der Waals surface area contributed by atoms with Crippen molar-refractivity contribution in [2.45, 2.75) is 18.7 Å². The first kappa shape index (κ1) is 23.4. The summed E-state index contributed by atoms with van der Waals surface area (Å²) < 4.78 is 11.7. The van der Waals surface area contributed by atoms with Gasteiger partial charge in [0.05, 0.1) is 6.61 Å². The molecule has 0 heterocycles. The molecule has 0 atom stereocenters. The highest BCUT2D eigenvalue weighted by Gasteiger charge is 2.06. The lowest BCUT2D eigenvalue weighted by atomic mass is 10.0. The van der Waals surface area contributed by atoms with Gasteiger partial charge in [0.1, 0.15) is 5.75 Å². The van der Waals surface area contributed by atoms with Crippen molar-refractivity contribution in [3.8, 4) is 16.9 Å². The van der Waals surface area contributed by atoms with E-state index in [1.807, 2.05) is 25.1 Å².